The Labute approximate surface area is 184 Å². The summed E-state index contributed by atoms with van der Waals surface area (Å²) < 4.78 is 2.01. The van der Waals surface area contributed by atoms with Gasteiger partial charge in [-0.2, -0.15) is 0 Å². The fourth-order valence-electron chi connectivity index (χ4n) is 3.72. The molecule has 1 N–H and O–H groups in total. The second kappa shape index (κ2) is 10.1. The topological polar surface area (TPSA) is 58.3 Å². The molecule has 1 saturated heterocycles. The first-order valence-electron chi connectivity index (χ1n) is 10.9. The highest BCUT2D eigenvalue weighted by Crippen LogP contribution is 2.20. The Morgan fingerprint density at radius 2 is 1.68 bits per heavy atom. The van der Waals surface area contributed by atoms with Crippen molar-refractivity contribution in [2.75, 3.05) is 13.1 Å². The van der Waals surface area contributed by atoms with Gasteiger partial charge in [0.2, 0.25) is 0 Å². The summed E-state index contributed by atoms with van der Waals surface area (Å²) in [6.45, 7) is 5.14. The SMILES string of the molecule is Cc1nnc(CNC(=NCc2ccccc2)N2CCC(=Cc3ccccc3)CC2)n1C. The normalized spacial score (nSPS) is 14.6. The third-order valence-electron chi connectivity index (χ3n) is 5.72. The Morgan fingerprint density at radius 1 is 1.00 bits per heavy atom. The van der Waals surface area contributed by atoms with Gasteiger partial charge in [0.25, 0.3) is 0 Å². The van der Waals surface area contributed by atoms with Crippen LogP contribution in [0.5, 0.6) is 0 Å². The molecule has 6 heteroatoms. The summed E-state index contributed by atoms with van der Waals surface area (Å²) in [4.78, 5) is 7.29. The third-order valence-corrected chi connectivity index (χ3v) is 5.72. The number of guanidine groups is 1. The van der Waals surface area contributed by atoms with Gasteiger partial charge in [0.15, 0.2) is 11.8 Å². The quantitative estimate of drug-likeness (QED) is 0.507. The Bertz CT molecular complexity index is 1030. The molecule has 2 aromatic carbocycles. The minimum Gasteiger partial charge on any atom is -0.349 e. The summed E-state index contributed by atoms with van der Waals surface area (Å²) in [5.41, 5.74) is 3.98. The second-order valence-electron chi connectivity index (χ2n) is 7.90. The van der Waals surface area contributed by atoms with Crippen molar-refractivity contribution < 1.29 is 0 Å². The van der Waals surface area contributed by atoms with Crippen LogP contribution in [0.1, 0.15) is 35.6 Å². The number of nitrogens with one attached hydrogen (secondary N) is 1. The number of aromatic nitrogens is 3. The molecule has 0 radical (unpaired) electrons. The van der Waals surface area contributed by atoms with E-state index in [1.54, 1.807) is 0 Å². The highest BCUT2D eigenvalue weighted by atomic mass is 15.3. The maximum Gasteiger partial charge on any atom is 0.194 e. The van der Waals surface area contributed by atoms with Crippen molar-refractivity contribution in [3.05, 3.63) is 89.0 Å². The van der Waals surface area contributed by atoms with E-state index in [-0.39, 0.29) is 0 Å². The summed E-state index contributed by atoms with van der Waals surface area (Å²) in [6, 6.07) is 20.9. The van der Waals surface area contributed by atoms with Crippen LogP contribution in [0.15, 0.2) is 71.2 Å². The summed E-state index contributed by atoms with van der Waals surface area (Å²) in [6.07, 6.45) is 4.42. The van der Waals surface area contributed by atoms with Gasteiger partial charge in [0.1, 0.15) is 5.82 Å². The molecule has 6 nitrogen and oxygen atoms in total. The molecule has 1 fully saturated rings. The van der Waals surface area contributed by atoms with Gasteiger partial charge in [-0.05, 0) is 30.9 Å². The summed E-state index contributed by atoms with van der Waals surface area (Å²) in [7, 11) is 1.99. The average molecular weight is 415 g/mol. The van der Waals surface area contributed by atoms with Crippen molar-refractivity contribution in [2.24, 2.45) is 12.0 Å². The Morgan fingerprint density at radius 3 is 2.32 bits per heavy atom. The molecule has 1 aromatic heterocycles. The molecular formula is C25H30N6. The number of nitrogens with zero attached hydrogens (tertiary/aromatic N) is 5. The maximum absolute atomic E-state index is 4.93. The molecule has 0 unspecified atom stereocenters. The molecule has 1 aliphatic rings. The molecule has 0 aliphatic carbocycles. The van der Waals surface area contributed by atoms with E-state index in [9.17, 15) is 0 Å². The average Bonchev–Trinajstić information content (AvgIpc) is 3.13. The molecule has 3 aromatic rings. The van der Waals surface area contributed by atoms with E-state index in [1.807, 2.05) is 24.6 Å². The minimum absolute atomic E-state index is 0.605. The van der Waals surface area contributed by atoms with Crippen LogP contribution < -0.4 is 5.32 Å². The van der Waals surface area contributed by atoms with Crippen molar-refractivity contribution in [2.45, 2.75) is 32.9 Å². The van der Waals surface area contributed by atoms with E-state index in [1.165, 1.54) is 16.7 Å². The van der Waals surface area contributed by atoms with Gasteiger partial charge in [-0.3, -0.25) is 0 Å². The molecule has 0 bridgehead atoms. The number of benzene rings is 2. The van der Waals surface area contributed by atoms with Crippen LogP contribution in [0.25, 0.3) is 6.08 Å². The molecule has 31 heavy (non-hydrogen) atoms. The molecule has 4 rings (SSSR count). The molecule has 0 spiro atoms. The van der Waals surface area contributed by atoms with Crippen molar-refractivity contribution in [1.29, 1.82) is 0 Å². The van der Waals surface area contributed by atoms with Gasteiger partial charge >= 0.3 is 0 Å². The predicted octanol–water partition coefficient (Wildman–Crippen LogP) is 3.95. The van der Waals surface area contributed by atoms with Crippen LogP contribution in [0.4, 0.5) is 0 Å². The van der Waals surface area contributed by atoms with Crippen LogP contribution in [0.3, 0.4) is 0 Å². The van der Waals surface area contributed by atoms with E-state index in [0.717, 1.165) is 43.5 Å². The van der Waals surface area contributed by atoms with Crippen LogP contribution in [-0.4, -0.2) is 38.7 Å². The largest absolute Gasteiger partial charge is 0.349 e. The monoisotopic (exact) mass is 414 g/mol. The summed E-state index contributed by atoms with van der Waals surface area (Å²) in [5.74, 6) is 2.75. The summed E-state index contributed by atoms with van der Waals surface area (Å²) >= 11 is 0. The van der Waals surface area contributed by atoms with Crippen LogP contribution >= 0.6 is 0 Å². The Kier molecular flexibility index (Phi) is 6.77. The highest BCUT2D eigenvalue weighted by Gasteiger charge is 2.18. The number of aryl methyl sites for hydroxylation is 1. The van der Waals surface area contributed by atoms with Gasteiger partial charge in [0.05, 0.1) is 13.1 Å². The lowest BCUT2D eigenvalue weighted by Gasteiger charge is -2.31. The van der Waals surface area contributed by atoms with Crippen molar-refractivity contribution in [3.63, 3.8) is 0 Å². The molecule has 0 amide bonds. The molecule has 1 aliphatic heterocycles. The van der Waals surface area contributed by atoms with Crippen molar-refractivity contribution in [1.82, 2.24) is 25.0 Å². The van der Waals surface area contributed by atoms with Gasteiger partial charge < -0.3 is 14.8 Å². The van der Waals surface area contributed by atoms with Crippen molar-refractivity contribution >= 4 is 12.0 Å². The zero-order chi connectivity index (χ0) is 21.5. The first-order chi connectivity index (χ1) is 15.2. The van der Waals surface area contributed by atoms with Gasteiger partial charge in [0, 0.05) is 20.1 Å². The van der Waals surface area contributed by atoms with Gasteiger partial charge in [-0.1, -0.05) is 72.3 Å². The molecular weight excluding hydrogens is 384 g/mol. The Hall–Kier alpha value is -3.41. The second-order valence-corrected chi connectivity index (χ2v) is 7.90. The maximum atomic E-state index is 4.93. The number of likely N-dealkylation sites (tertiary alicyclic amines) is 1. The Balaban J connectivity index is 1.45. The van der Waals surface area contributed by atoms with Crippen molar-refractivity contribution in [3.8, 4) is 0 Å². The number of hydrogen-bond donors (Lipinski definition) is 1. The first-order valence-corrected chi connectivity index (χ1v) is 10.9. The zero-order valence-corrected chi connectivity index (χ0v) is 18.3. The van der Waals surface area contributed by atoms with E-state index >= 15 is 0 Å². The smallest absolute Gasteiger partial charge is 0.194 e. The van der Waals surface area contributed by atoms with Crippen LogP contribution in [-0.2, 0) is 20.1 Å². The molecule has 160 valence electrons. The fourth-order valence-corrected chi connectivity index (χ4v) is 3.72. The predicted molar refractivity (Wildman–Crippen MR) is 125 cm³/mol. The van der Waals surface area contributed by atoms with E-state index in [0.29, 0.717) is 13.1 Å². The van der Waals surface area contributed by atoms with E-state index < -0.39 is 0 Å². The number of hydrogen-bond acceptors (Lipinski definition) is 3. The van der Waals surface area contributed by atoms with Gasteiger partial charge in [-0.25, -0.2) is 4.99 Å². The standard InChI is InChI=1S/C25H30N6/c1-20-28-29-24(30(20)2)19-27-25(26-18-23-11-7-4-8-12-23)31-15-13-22(14-16-31)17-21-9-5-3-6-10-21/h3-12,17H,13-16,18-19H2,1-2H3,(H,26,27). The summed E-state index contributed by atoms with van der Waals surface area (Å²) in [5, 5.41) is 12.0. The number of piperidine rings is 1. The highest BCUT2D eigenvalue weighted by molar-refractivity contribution is 5.80. The number of aliphatic imine (C=N–C) groups is 1. The first kappa shape index (κ1) is 20.8. The third kappa shape index (κ3) is 5.60. The lowest BCUT2D eigenvalue weighted by atomic mass is 10.0. The fraction of sp³-hybridized carbons (Fsp3) is 0.320. The van der Waals surface area contributed by atoms with Gasteiger partial charge in [-0.15, -0.1) is 10.2 Å². The van der Waals surface area contributed by atoms with Crippen LogP contribution in [0, 0.1) is 6.92 Å². The molecule has 0 saturated carbocycles. The molecule has 0 atom stereocenters. The number of rotatable bonds is 5. The van der Waals surface area contributed by atoms with E-state index in [4.69, 9.17) is 4.99 Å². The zero-order valence-electron chi connectivity index (χ0n) is 18.3. The van der Waals surface area contributed by atoms with Crippen LogP contribution in [0.2, 0.25) is 0 Å². The molecule has 2 heterocycles. The van der Waals surface area contributed by atoms with E-state index in [2.05, 4.69) is 81.1 Å². The lowest BCUT2D eigenvalue weighted by molar-refractivity contribution is 0.373. The minimum atomic E-state index is 0.605. The lowest BCUT2D eigenvalue weighted by Crippen LogP contribution is -2.44.